The van der Waals surface area contributed by atoms with Gasteiger partial charge in [0.2, 0.25) is 0 Å². The van der Waals surface area contributed by atoms with Gasteiger partial charge in [-0.25, -0.2) is 0 Å². The third-order valence-corrected chi connectivity index (χ3v) is 2.97. The number of carbonyl (C=O) groups excluding carboxylic acids is 1. The Labute approximate surface area is 103 Å². The van der Waals surface area contributed by atoms with E-state index in [0.717, 1.165) is 37.8 Å². The minimum Gasteiger partial charge on any atom is -0.396 e. The maximum atomic E-state index is 10.3. The fourth-order valence-corrected chi connectivity index (χ4v) is 1.77. The van der Waals surface area contributed by atoms with Crippen molar-refractivity contribution >= 4 is 6.29 Å². The number of rotatable bonds is 5. The quantitative estimate of drug-likeness (QED) is 0.449. The standard InChI is InChI=1S/C14H21NO2/c1-13(11-16)5-3-2-4-8-15-9-6-14(12-17)7-10-15/h2-5,8,11,14,17H,6-7,9-10,12H2,1H3/b3-2-,8-4-,13-5+. The van der Waals surface area contributed by atoms with Gasteiger partial charge in [0.1, 0.15) is 6.29 Å². The highest BCUT2D eigenvalue weighted by Crippen LogP contribution is 2.16. The second-order valence-electron chi connectivity index (χ2n) is 4.42. The number of hydrogen-bond donors (Lipinski definition) is 1. The van der Waals surface area contributed by atoms with Crippen LogP contribution in [0, 0.1) is 5.92 Å². The predicted octanol–water partition coefficient (Wildman–Crippen LogP) is 1.91. The van der Waals surface area contributed by atoms with Gasteiger partial charge in [-0.05, 0) is 43.5 Å². The van der Waals surface area contributed by atoms with Crippen LogP contribution in [0.1, 0.15) is 19.8 Å². The van der Waals surface area contributed by atoms with Crippen molar-refractivity contribution in [1.82, 2.24) is 4.90 Å². The van der Waals surface area contributed by atoms with Gasteiger partial charge in [0.05, 0.1) is 0 Å². The van der Waals surface area contributed by atoms with E-state index < -0.39 is 0 Å². The molecular weight excluding hydrogens is 214 g/mol. The van der Waals surface area contributed by atoms with Crippen molar-refractivity contribution in [1.29, 1.82) is 0 Å². The molecule has 1 aliphatic heterocycles. The van der Waals surface area contributed by atoms with Crippen LogP contribution in [0.3, 0.4) is 0 Å². The lowest BCUT2D eigenvalue weighted by Crippen LogP contribution is -2.30. The van der Waals surface area contributed by atoms with Crippen LogP contribution in [-0.2, 0) is 4.79 Å². The van der Waals surface area contributed by atoms with Crippen LogP contribution in [0.15, 0.2) is 36.1 Å². The van der Waals surface area contributed by atoms with Crippen molar-refractivity contribution in [3.8, 4) is 0 Å². The topological polar surface area (TPSA) is 40.5 Å². The summed E-state index contributed by atoms with van der Waals surface area (Å²) >= 11 is 0. The second kappa shape index (κ2) is 7.85. The minimum absolute atomic E-state index is 0.313. The first-order chi connectivity index (χ1) is 8.26. The summed E-state index contributed by atoms with van der Waals surface area (Å²) in [4.78, 5) is 12.6. The number of aliphatic hydroxyl groups excluding tert-OH is 1. The van der Waals surface area contributed by atoms with E-state index in [2.05, 4.69) is 11.1 Å². The molecule has 0 aromatic rings. The van der Waals surface area contributed by atoms with Crippen LogP contribution < -0.4 is 0 Å². The monoisotopic (exact) mass is 235 g/mol. The average molecular weight is 235 g/mol. The average Bonchev–Trinajstić information content (AvgIpc) is 2.38. The van der Waals surface area contributed by atoms with Gasteiger partial charge in [-0.2, -0.15) is 0 Å². The van der Waals surface area contributed by atoms with Crippen LogP contribution in [0.5, 0.6) is 0 Å². The molecule has 0 aromatic carbocycles. The molecule has 0 bridgehead atoms. The number of piperidine rings is 1. The molecule has 0 unspecified atom stereocenters. The van der Waals surface area contributed by atoms with E-state index in [1.807, 2.05) is 18.2 Å². The normalized spacial score (nSPS) is 19.4. The van der Waals surface area contributed by atoms with Gasteiger partial charge in [-0.1, -0.05) is 18.2 Å². The lowest BCUT2D eigenvalue weighted by atomic mass is 9.98. The van der Waals surface area contributed by atoms with Gasteiger partial charge in [0, 0.05) is 19.7 Å². The summed E-state index contributed by atoms with van der Waals surface area (Å²) in [5.41, 5.74) is 0.721. The minimum atomic E-state index is 0.313. The molecule has 1 heterocycles. The first-order valence-corrected chi connectivity index (χ1v) is 6.08. The van der Waals surface area contributed by atoms with Crippen molar-refractivity contribution in [3.63, 3.8) is 0 Å². The summed E-state index contributed by atoms with van der Waals surface area (Å²) in [6, 6.07) is 0. The number of allylic oxidation sites excluding steroid dienone is 5. The third-order valence-electron chi connectivity index (χ3n) is 2.97. The number of carbonyl (C=O) groups is 1. The van der Waals surface area contributed by atoms with Crippen LogP contribution in [0.4, 0.5) is 0 Å². The smallest absolute Gasteiger partial charge is 0.145 e. The van der Waals surface area contributed by atoms with E-state index in [0.29, 0.717) is 12.5 Å². The molecule has 1 saturated heterocycles. The van der Waals surface area contributed by atoms with E-state index in [1.54, 1.807) is 13.0 Å². The molecule has 0 atom stereocenters. The van der Waals surface area contributed by atoms with E-state index in [1.165, 1.54) is 0 Å². The van der Waals surface area contributed by atoms with Crippen molar-refractivity contribution in [2.45, 2.75) is 19.8 Å². The highest BCUT2D eigenvalue weighted by Gasteiger charge is 2.15. The number of likely N-dealkylation sites (tertiary alicyclic amines) is 1. The van der Waals surface area contributed by atoms with Gasteiger partial charge in [-0.15, -0.1) is 0 Å². The fourth-order valence-electron chi connectivity index (χ4n) is 1.77. The Morgan fingerprint density at radius 1 is 1.29 bits per heavy atom. The maximum absolute atomic E-state index is 10.3. The third kappa shape index (κ3) is 5.50. The van der Waals surface area contributed by atoms with E-state index >= 15 is 0 Å². The number of aldehydes is 1. The molecule has 0 radical (unpaired) electrons. The zero-order valence-electron chi connectivity index (χ0n) is 10.4. The van der Waals surface area contributed by atoms with Crippen LogP contribution in [0.2, 0.25) is 0 Å². The maximum Gasteiger partial charge on any atom is 0.145 e. The van der Waals surface area contributed by atoms with Crippen molar-refractivity contribution in [2.75, 3.05) is 19.7 Å². The molecule has 1 rings (SSSR count). The summed E-state index contributed by atoms with van der Waals surface area (Å²) in [7, 11) is 0. The molecule has 1 fully saturated rings. The Morgan fingerprint density at radius 2 is 2.00 bits per heavy atom. The summed E-state index contributed by atoms with van der Waals surface area (Å²) < 4.78 is 0. The van der Waals surface area contributed by atoms with E-state index in [-0.39, 0.29) is 0 Å². The highest BCUT2D eigenvalue weighted by molar-refractivity contribution is 5.72. The zero-order valence-corrected chi connectivity index (χ0v) is 10.4. The van der Waals surface area contributed by atoms with Gasteiger partial charge in [-0.3, -0.25) is 4.79 Å². The molecule has 0 aliphatic carbocycles. The van der Waals surface area contributed by atoms with Crippen LogP contribution >= 0.6 is 0 Å². The zero-order chi connectivity index (χ0) is 12.5. The SMILES string of the molecule is C\C(C=O)=C/C=C\C=C/N1CCC(CO)CC1. The van der Waals surface area contributed by atoms with E-state index in [9.17, 15) is 4.79 Å². The van der Waals surface area contributed by atoms with Gasteiger partial charge < -0.3 is 10.0 Å². The van der Waals surface area contributed by atoms with Crippen molar-refractivity contribution < 1.29 is 9.90 Å². The largest absolute Gasteiger partial charge is 0.396 e. The molecule has 94 valence electrons. The van der Waals surface area contributed by atoms with Crippen LogP contribution in [0.25, 0.3) is 0 Å². The summed E-state index contributed by atoms with van der Waals surface area (Å²) in [5.74, 6) is 0.480. The number of aliphatic hydroxyl groups is 1. The Bertz CT molecular complexity index is 310. The van der Waals surface area contributed by atoms with Gasteiger partial charge in [0.15, 0.2) is 0 Å². The molecule has 1 N–H and O–H groups in total. The van der Waals surface area contributed by atoms with Crippen LogP contribution in [-0.4, -0.2) is 36.0 Å². The summed E-state index contributed by atoms with van der Waals surface area (Å²) in [6.07, 6.45) is 12.6. The molecule has 0 spiro atoms. The molecular formula is C14H21NO2. The molecule has 0 aromatic heterocycles. The van der Waals surface area contributed by atoms with Crippen molar-refractivity contribution in [2.24, 2.45) is 5.92 Å². The lowest BCUT2D eigenvalue weighted by molar-refractivity contribution is -0.104. The highest BCUT2D eigenvalue weighted by atomic mass is 16.3. The summed E-state index contributed by atoms with van der Waals surface area (Å²) in [5, 5.41) is 9.02. The number of nitrogens with zero attached hydrogens (tertiary/aromatic N) is 1. The predicted molar refractivity (Wildman–Crippen MR) is 69.5 cm³/mol. The Morgan fingerprint density at radius 3 is 2.59 bits per heavy atom. The fraction of sp³-hybridized carbons (Fsp3) is 0.500. The Hall–Kier alpha value is -1.35. The Balaban J connectivity index is 2.28. The summed E-state index contributed by atoms with van der Waals surface area (Å²) in [6.45, 7) is 4.12. The van der Waals surface area contributed by atoms with Gasteiger partial charge >= 0.3 is 0 Å². The molecule has 17 heavy (non-hydrogen) atoms. The van der Waals surface area contributed by atoms with E-state index in [4.69, 9.17) is 5.11 Å². The van der Waals surface area contributed by atoms with Gasteiger partial charge in [0.25, 0.3) is 0 Å². The molecule has 0 amide bonds. The molecule has 0 saturated carbocycles. The molecule has 3 nitrogen and oxygen atoms in total. The second-order valence-corrected chi connectivity index (χ2v) is 4.42. The molecule has 1 aliphatic rings. The molecule has 3 heteroatoms. The number of hydrogen-bond acceptors (Lipinski definition) is 3. The Kier molecular flexibility index (Phi) is 6.33. The first kappa shape index (κ1) is 13.7. The van der Waals surface area contributed by atoms with Crippen molar-refractivity contribution in [3.05, 3.63) is 36.1 Å². The first-order valence-electron chi connectivity index (χ1n) is 6.08. The lowest BCUT2D eigenvalue weighted by Gasteiger charge is -2.29.